The number of carbonyl (C=O) groups excluding carboxylic acids is 1. The smallest absolute Gasteiger partial charge is 0.120 e. The van der Waals surface area contributed by atoms with Gasteiger partial charge < -0.3 is 15.0 Å². The Kier molecular flexibility index (Phi) is 9.03. The van der Waals surface area contributed by atoms with Crippen LogP contribution in [0.25, 0.3) is 17.1 Å². The zero-order chi connectivity index (χ0) is 30.5. The molecule has 4 aromatic rings. The molecular formula is C37H42N6O. The molecule has 0 bridgehead atoms. The van der Waals surface area contributed by atoms with Gasteiger partial charge in [0, 0.05) is 49.7 Å². The average Bonchev–Trinajstić information content (AvgIpc) is 3.61. The van der Waals surface area contributed by atoms with E-state index in [2.05, 4.69) is 92.5 Å². The second kappa shape index (κ2) is 13.4. The lowest BCUT2D eigenvalue weighted by Crippen LogP contribution is -2.35. The molecule has 1 fully saturated rings. The van der Waals surface area contributed by atoms with E-state index >= 15 is 0 Å². The fourth-order valence-electron chi connectivity index (χ4n) is 6.72. The van der Waals surface area contributed by atoms with Crippen LogP contribution < -0.4 is 5.32 Å². The molecule has 1 saturated heterocycles. The van der Waals surface area contributed by atoms with Crippen molar-refractivity contribution in [2.75, 3.05) is 20.1 Å². The summed E-state index contributed by atoms with van der Waals surface area (Å²) in [5.41, 5.74) is 10.2. The second-order valence-electron chi connectivity index (χ2n) is 12.0. The molecule has 1 atom stereocenters. The number of likely N-dealkylation sites (N-methyl/N-ethyl adjacent to an activating group) is 1. The Morgan fingerprint density at radius 2 is 1.84 bits per heavy atom. The van der Waals surface area contributed by atoms with Crippen LogP contribution in [0.2, 0.25) is 0 Å². The molecule has 1 unspecified atom stereocenters. The van der Waals surface area contributed by atoms with Gasteiger partial charge in [-0.1, -0.05) is 67.8 Å². The molecule has 2 aromatic carbocycles. The standard InChI is InChI=1S/C37H42N6O/c1-27(38-3)36(13-9-21-44)42-25-32-22-31(14-15-34(32)28(42)2)30-16-19-41(20-17-30)26-33-23-37(35-12-7-8-18-39-35)43(40-33)24-29-10-5-4-6-11-29/h4-8,10-12,14-15,18,21-23,30,36,38H,1-2,9,13,16-17,19-20,24-26H2,3H3. The first-order valence-corrected chi connectivity index (χ1v) is 15.7. The molecule has 0 aliphatic carbocycles. The average molecular weight is 587 g/mol. The molecule has 226 valence electrons. The van der Waals surface area contributed by atoms with Crippen LogP contribution in [0.1, 0.15) is 59.5 Å². The maximum atomic E-state index is 11.1. The second-order valence-corrected chi connectivity index (χ2v) is 12.0. The van der Waals surface area contributed by atoms with Gasteiger partial charge in [0.05, 0.1) is 29.7 Å². The maximum Gasteiger partial charge on any atom is 0.120 e. The molecule has 0 spiro atoms. The number of nitrogens with zero attached hydrogens (tertiary/aromatic N) is 5. The van der Waals surface area contributed by atoms with Crippen LogP contribution in [0.5, 0.6) is 0 Å². The Bertz CT molecular complexity index is 1600. The summed E-state index contributed by atoms with van der Waals surface area (Å²) in [4.78, 5) is 20.6. The highest BCUT2D eigenvalue weighted by atomic mass is 16.1. The van der Waals surface area contributed by atoms with Gasteiger partial charge in [0.1, 0.15) is 6.29 Å². The van der Waals surface area contributed by atoms with Crippen molar-refractivity contribution >= 4 is 12.0 Å². The number of aromatic nitrogens is 3. The van der Waals surface area contributed by atoms with Crippen LogP contribution in [0.3, 0.4) is 0 Å². The molecule has 2 aliphatic heterocycles. The minimum absolute atomic E-state index is 0.0474. The highest BCUT2D eigenvalue weighted by Crippen LogP contribution is 2.38. The zero-order valence-electron chi connectivity index (χ0n) is 25.7. The number of pyridine rings is 1. The lowest BCUT2D eigenvalue weighted by Gasteiger charge is -2.32. The Morgan fingerprint density at radius 1 is 1.05 bits per heavy atom. The molecule has 2 aromatic heterocycles. The van der Waals surface area contributed by atoms with Crippen molar-refractivity contribution in [3.63, 3.8) is 0 Å². The number of nitrogens with one attached hydrogen (secondary N) is 1. The number of likely N-dealkylation sites (tertiary alicyclic amines) is 1. The molecule has 44 heavy (non-hydrogen) atoms. The Morgan fingerprint density at radius 3 is 2.57 bits per heavy atom. The summed E-state index contributed by atoms with van der Waals surface area (Å²) in [5.74, 6) is 0.539. The van der Waals surface area contributed by atoms with Crippen molar-refractivity contribution < 1.29 is 4.79 Å². The number of piperidine rings is 1. The quantitative estimate of drug-likeness (QED) is 0.198. The number of hydrogen-bond acceptors (Lipinski definition) is 6. The molecular weight excluding hydrogens is 544 g/mol. The van der Waals surface area contributed by atoms with Gasteiger partial charge >= 0.3 is 0 Å². The van der Waals surface area contributed by atoms with Crippen LogP contribution in [0, 0.1) is 0 Å². The van der Waals surface area contributed by atoms with Crippen LogP contribution in [-0.2, 0) is 24.4 Å². The summed E-state index contributed by atoms with van der Waals surface area (Å²) in [7, 11) is 1.89. The fraction of sp³-hybridized carbons (Fsp3) is 0.324. The number of aldehydes is 1. The van der Waals surface area contributed by atoms with Gasteiger partial charge in [0.2, 0.25) is 0 Å². The van der Waals surface area contributed by atoms with E-state index < -0.39 is 0 Å². The Hall–Kier alpha value is -4.49. The first kappa shape index (κ1) is 29.6. The highest BCUT2D eigenvalue weighted by molar-refractivity contribution is 5.70. The lowest BCUT2D eigenvalue weighted by molar-refractivity contribution is -0.108. The van der Waals surface area contributed by atoms with E-state index in [1.54, 1.807) is 0 Å². The molecule has 2 aliphatic rings. The third kappa shape index (κ3) is 6.38. The Balaban J connectivity index is 1.11. The molecule has 0 saturated carbocycles. The SMILES string of the molecule is C=C(NC)C(CCC=O)N1Cc2cc(C3CCN(Cc4cc(-c5ccccn5)n(Cc5ccccc5)n4)CC3)ccc2C1=C. The van der Waals surface area contributed by atoms with Crippen LogP contribution >= 0.6 is 0 Å². The highest BCUT2D eigenvalue weighted by Gasteiger charge is 2.31. The van der Waals surface area contributed by atoms with Crippen molar-refractivity contribution in [3.8, 4) is 11.4 Å². The molecule has 6 rings (SSSR count). The minimum atomic E-state index is 0.0474. The number of benzene rings is 2. The number of fused-ring (bicyclic) bond motifs is 1. The van der Waals surface area contributed by atoms with E-state index in [4.69, 9.17) is 5.10 Å². The summed E-state index contributed by atoms with van der Waals surface area (Å²) in [6.07, 6.45) is 6.32. The lowest BCUT2D eigenvalue weighted by atomic mass is 9.87. The van der Waals surface area contributed by atoms with E-state index in [9.17, 15) is 4.79 Å². The summed E-state index contributed by atoms with van der Waals surface area (Å²) >= 11 is 0. The number of hydrogen-bond donors (Lipinski definition) is 1. The van der Waals surface area contributed by atoms with Crippen molar-refractivity contribution in [2.45, 2.75) is 57.3 Å². The van der Waals surface area contributed by atoms with Gasteiger partial charge in [-0.3, -0.25) is 14.6 Å². The molecule has 0 amide bonds. The monoisotopic (exact) mass is 586 g/mol. The molecule has 0 radical (unpaired) electrons. The maximum absolute atomic E-state index is 11.1. The van der Waals surface area contributed by atoms with Crippen LogP contribution in [-0.4, -0.2) is 57.0 Å². The third-order valence-corrected chi connectivity index (χ3v) is 9.16. The van der Waals surface area contributed by atoms with Crippen molar-refractivity contribution in [3.05, 3.63) is 126 Å². The van der Waals surface area contributed by atoms with Crippen molar-refractivity contribution in [2.24, 2.45) is 0 Å². The van der Waals surface area contributed by atoms with Gasteiger partial charge in [0.25, 0.3) is 0 Å². The first-order valence-electron chi connectivity index (χ1n) is 15.7. The topological polar surface area (TPSA) is 66.3 Å². The van der Waals surface area contributed by atoms with Crippen LogP contribution in [0.4, 0.5) is 0 Å². The Labute approximate surface area is 260 Å². The molecule has 4 heterocycles. The third-order valence-electron chi connectivity index (χ3n) is 9.16. The van der Waals surface area contributed by atoms with Gasteiger partial charge in [-0.15, -0.1) is 0 Å². The molecule has 1 N–H and O–H groups in total. The van der Waals surface area contributed by atoms with Gasteiger partial charge in [-0.25, -0.2) is 0 Å². The summed E-state index contributed by atoms with van der Waals surface area (Å²) < 4.78 is 2.09. The first-order chi connectivity index (χ1) is 21.5. The van der Waals surface area contributed by atoms with E-state index in [0.29, 0.717) is 12.3 Å². The summed E-state index contributed by atoms with van der Waals surface area (Å²) in [6.45, 7) is 13.1. The van der Waals surface area contributed by atoms with Crippen molar-refractivity contribution in [1.82, 2.24) is 29.9 Å². The number of rotatable bonds is 12. The number of carbonyl (C=O) groups is 1. The largest absolute Gasteiger partial charge is 0.390 e. The summed E-state index contributed by atoms with van der Waals surface area (Å²) in [6, 6.07) is 25.7. The molecule has 7 heteroatoms. The predicted molar refractivity (Wildman–Crippen MR) is 177 cm³/mol. The van der Waals surface area contributed by atoms with E-state index in [1.165, 1.54) is 22.3 Å². The van der Waals surface area contributed by atoms with Gasteiger partial charge in [-0.05, 0) is 73.2 Å². The van der Waals surface area contributed by atoms with E-state index in [1.807, 2.05) is 31.4 Å². The van der Waals surface area contributed by atoms with E-state index in [0.717, 1.165) is 86.7 Å². The van der Waals surface area contributed by atoms with Crippen molar-refractivity contribution in [1.29, 1.82) is 0 Å². The minimum Gasteiger partial charge on any atom is -0.390 e. The molecule has 7 nitrogen and oxygen atoms in total. The predicted octanol–water partition coefficient (Wildman–Crippen LogP) is 6.24. The van der Waals surface area contributed by atoms with Crippen LogP contribution in [0.15, 0.2) is 97.8 Å². The van der Waals surface area contributed by atoms with Gasteiger partial charge in [0.15, 0.2) is 0 Å². The summed E-state index contributed by atoms with van der Waals surface area (Å²) in [5, 5.41) is 8.25. The van der Waals surface area contributed by atoms with Gasteiger partial charge in [-0.2, -0.15) is 5.10 Å². The zero-order valence-corrected chi connectivity index (χ0v) is 25.7. The fourth-order valence-corrected chi connectivity index (χ4v) is 6.72. The normalized spacial score (nSPS) is 16.1. The van der Waals surface area contributed by atoms with E-state index in [-0.39, 0.29) is 6.04 Å².